The monoisotopic (exact) mass is 526 g/mol. The van der Waals surface area contributed by atoms with Crippen molar-refractivity contribution in [2.24, 2.45) is 0 Å². The molecular formula is C31H34N4O2S. The minimum atomic E-state index is -0.974. The Bertz CT molecular complexity index is 1310. The summed E-state index contributed by atoms with van der Waals surface area (Å²) in [6.45, 7) is 1.59. The Labute approximate surface area is 228 Å². The zero-order valence-electron chi connectivity index (χ0n) is 21.5. The third kappa shape index (κ3) is 6.98. The van der Waals surface area contributed by atoms with Crippen LogP contribution in [0.15, 0.2) is 72.2 Å². The number of nitrogens with zero attached hydrogens (tertiary/aromatic N) is 2. The number of carbonyl (C=O) groups is 1. The highest BCUT2D eigenvalue weighted by Gasteiger charge is 2.15. The lowest BCUT2D eigenvalue weighted by Crippen LogP contribution is -2.07. The van der Waals surface area contributed by atoms with Gasteiger partial charge in [-0.25, -0.2) is 14.8 Å². The Hall–Kier alpha value is -3.71. The second-order valence-corrected chi connectivity index (χ2v) is 10.8. The Morgan fingerprint density at radius 1 is 0.895 bits per heavy atom. The Kier molecular flexibility index (Phi) is 8.66. The second kappa shape index (κ2) is 12.7. The van der Waals surface area contributed by atoms with Crippen LogP contribution in [0.2, 0.25) is 0 Å². The first-order valence-corrected chi connectivity index (χ1v) is 14.3. The maximum atomic E-state index is 10.9. The van der Waals surface area contributed by atoms with Gasteiger partial charge in [-0.2, -0.15) is 0 Å². The topological polar surface area (TPSA) is 87.1 Å². The number of aromatic carboxylic acids is 1. The number of rotatable bonds is 11. The van der Waals surface area contributed by atoms with Gasteiger partial charge in [-0.05, 0) is 60.6 Å². The lowest BCUT2D eigenvalue weighted by molar-refractivity contribution is 0.0696. The molecule has 0 aliphatic heterocycles. The van der Waals surface area contributed by atoms with Crippen LogP contribution in [0.1, 0.15) is 64.5 Å². The lowest BCUT2D eigenvalue weighted by Gasteiger charge is -2.22. The fourth-order valence-corrected chi connectivity index (χ4v) is 5.79. The molecule has 0 unspecified atom stereocenters. The van der Waals surface area contributed by atoms with E-state index in [0.29, 0.717) is 12.4 Å². The first-order valence-electron chi connectivity index (χ1n) is 13.4. The van der Waals surface area contributed by atoms with E-state index in [2.05, 4.69) is 69.5 Å². The van der Waals surface area contributed by atoms with E-state index in [1.807, 2.05) is 0 Å². The van der Waals surface area contributed by atoms with Crippen LogP contribution in [-0.2, 0) is 12.8 Å². The number of pyridine rings is 1. The maximum absolute atomic E-state index is 10.9. The smallest absolute Gasteiger partial charge is 0.337 e. The van der Waals surface area contributed by atoms with Crippen LogP contribution in [0, 0.1) is 0 Å². The van der Waals surface area contributed by atoms with Crippen molar-refractivity contribution in [1.29, 1.82) is 0 Å². The Morgan fingerprint density at radius 2 is 1.66 bits per heavy atom. The molecule has 2 heterocycles. The number of hydrogen-bond acceptors (Lipinski definition) is 6. The van der Waals surface area contributed by atoms with Crippen molar-refractivity contribution in [1.82, 2.24) is 9.97 Å². The summed E-state index contributed by atoms with van der Waals surface area (Å²) in [5, 5.41) is 18.9. The minimum Gasteiger partial charge on any atom is -0.478 e. The van der Waals surface area contributed by atoms with E-state index in [0.717, 1.165) is 47.3 Å². The maximum Gasteiger partial charge on any atom is 0.337 e. The summed E-state index contributed by atoms with van der Waals surface area (Å²) in [5.41, 5.74) is 6.29. The van der Waals surface area contributed by atoms with Gasteiger partial charge >= 0.3 is 5.97 Å². The Morgan fingerprint density at radius 3 is 2.37 bits per heavy atom. The van der Waals surface area contributed by atoms with Gasteiger partial charge in [0.1, 0.15) is 5.82 Å². The van der Waals surface area contributed by atoms with Gasteiger partial charge in [0.15, 0.2) is 0 Å². The summed E-state index contributed by atoms with van der Waals surface area (Å²) in [6, 6.07) is 21.0. The fraction of sp³-hybridized carbons (Fsp3) is 0.323. The average molecular weight is 527 g/mol. The molecule has 0 atom stereocenters. The van der Waals surface area contributed by atoms with E-state index >= 15 is 0 Å². The molecule has 3 N–H and O–H groups in total. The van der Waals surface area contributed by atoms with Gasteiger partial charge in [0, 0.05) is 42.3 Å². The largest absolute Gasteiger partial charge is 0.478 e. The second-order valence-electron chi connectivity index (χ2n) is 9.87. The van der Waals surface area contributed by atoms with E-state index in [9.17, 15) is 4.79 Å². The van der Waals surface area contributed by atoms with E-state index in [1.54, 1.807) is 23.5 Å². The summed E-state index contributed by atoms with van der Waals surface area (Å²) in [6.07, 6.45) is 9.99. The number of thiazole rings is 1. The van der Waals surface area contributed by atoms with Crippen molar-refractivity contribution in [3.63, 3.8) is 0 Å². The molecule has 5 rings (SSSR count). The molecule has 0 radical (unpaired) electrons. The third-order valence-corrected chi connectivity index (χ3v) is 8.10. The molecule has 196 valence electrons. The predicted molar refractivity (Wildman–Crippen MR) is 155 cm³/mol. The minimum absolute atomic E-state index is 0.181. The zero-order chi connectivity index (χ0) is 26.2. The van der Waals surface area contributed by atoms with Crippen molar-refractivity contribution in [2.45, 2.75) is 50.9 Å². The number of nitrogens with one attached hydrogen (secondary N) is 2. The van der Waals surface area contributed by atoms with Crippen LogP contribution in [0.3, 0.4) is 0 Å². The highest BCUT2D eigenvalue weighted by Crippen LogP contribution is 2.32. The highest BCUT2D eigenvalue weighted by atomic mass is 32.1. The van der Waals surface area contributed by atoms with Crippen LogP contribution < -0.4 is 10.6 Å². The summed E-state index contributed by atoms with van der Waals surface area (Å²) in [5.74, 6) is 0.451. The van der Waals surface area contributed by atoms with E-state index in [-0.39, 0.29) is 5.56 Å². The third-order valence-electron chi connectivity index (χ3n) is 7.19. The SMILES string of the molecule is O=C(O)c1ccc(NCCc2nc(-c3ccc(NCCc4ccc(C5CCCCC5)cc4)cc3)cs2)nc1. The summed E-state index contributed by atoms with van der Waals surface area (Å²) in [7, 11) is 0. The molecule has 2 aromatic heterocycles. The van der Waals surface area contributed by atoms with E-state index < -0.39 is 5.97 Å². The summed E-state index contributed by atoms with van der Waals surface area (Å²) < 4.78 is 0. The number of hydrogen-bond donors (Lipinski definition) is 3. The molecule has 0 bridgehead atoms. The molecule has 6 nitrogen and oxygen atoms in total. The summed E-state index contributed by atoms with van der Waals surface area (Å²) >= 11 is 1.65. The average Bonchev–Trinajstić information content (AvgIpc) is 3.43. The van der Waals surface area contributed by atoms with Gasteiger partial charge in [0.25, 0.3) is 0 Å². The van der Waals surface area contributed by atoms with Gasteiger partial charge in [-0.3, -0.25) is 0 Å². The molecule has 7 heteroatoms. The van der Waals surface area contributed by atoms with Crippen LogP contribution in [0.4, 0.5) is 11.5 Å². The zero-order valence-corrected chi connectivity index (χ0v) is 22.3. The lowest BCUT2D eigenvalue weighted by atomic mass is 9.84. The molecule has 0 spiro atoms. The quantitative estimate of drug-likeness (QED) is 0.191. The number of anilines is 2. The number of carboxylic acids is 1. The van der Waals surface area contributed by atoms with Gasteiger partial charge in [0.2, 0.25) is 0 Å². The molecule has 4 aromatic rings. The molecular weight excluding hydrogens is 492 g/mol. The number of benzene rings is 2. The number of carboxylic acid groups (broad SMARTS) is 1. The molecule has 1 aliphatic rings. The standard InChI is InChI=1S/C31H34N4O2S/c36-31(37)26-12-15-29(34-20-26)33-19-17-30-35-28(21-38-30)25-10-13-27(14-11-25)32-18-16-22-6-8-24(9-7-22)23-4-2-1-3-5-23/h6-15,20-21,23,32H,1-5,16-19H2,(H,33,34)(H,36,37). The van der Waals surface area contributed by atoms with Gasteiger partial charge < -0.3 is 15.7 Å². The molecule has 1 aliphatic carbocycles. The fourth-order valence-electron chi connectivity index (χ4n) is 4.98. The van der Waals surface area contributed by atoms with E-state index in [1.165, 1.54) is 49.4 Å². The van der Waals surface area contributed by atoms with Crippen molar-refractivity contribution in [2.75, 3.05) is 23.7 Å². The van der Waals surface area contributed by atoms with Gasteiger partial charge in [-0.1, -0.05) is 55.7 Å². The van der Waals surface area contributed by atoms with E-state index in [4.69, 9.17) is 10.1 Å². The highest BCUT2D eigenvalue weighted by molar-refractivity contribution is 7.09. The van der Waals surface area contributed by atoms with Crippen LogP contribution >= 0.6 is 11.3 Å². The molecule has 0 saturated heterocycles. The molecule has 38 heavy (non-hydrogen) atoms. The first kappa shape index (κ1) is 25.9. The normalized spacial score (nSPS) is 13.8. The van der Waals surface area contributed by atoms with Crippen molar-refractivity contribution in [3.8, 4) is 11.3 Å². The van der Waals surface area contributed by atoms with Crippen molar-refractivity contribution >= 4 is 28.8 Å². The van der Waals surface area contributed by atoms with Crippen LogP contribution in [0.25, 0.3) is 11.3 Å². The van der Waals surface area contributed by atoms with Crippen molar-refractivity contribution < 1.29 is 9.90 Å². The molecule has 1 saturated carbocycles. The first-order chi connectivity index (χ1) is 18.6. The van der Waals surface area contributed by atoms with Crippen LogP contribution in [0.5, 0.6) is 0 Å². The van der Waals surface area contributed by atoms with Gasteiger partial charge in [0.05, 0.1) is 16.3 Å². The molecule has 1 fully saturated rings. The number of aromatic nitrogens is 2. The predicted octanol–water partition coefficient (Wildman–Crippen LogP) is 7.26. The van der Waals surface area contributed by atoms with Gasteiger partial charge in [-0.15, -0.1) is 11.3 Å². The Balaban J connectivity index is 1.06. The van der Waals surface area contributed by atoms with Crippen LogP contribution in [-0.4, -0.2) is 34.1 Å². The molecule has 0 amide bonds. The molecule has 2 aromatic carbocycles. The summed E-state index contributed by atoms with van der Waals surface area (Å²) in [4.78, 5) is 19.8. The van der Waals surface area contributed by atoms with Crippen molar-refractivity contribution in [3.05, 3.63) is 93.9 Å².